The average Bonchev–Trinajstić information content (AvgIpc) is 2.27. The second-order valence-corrected chi connectivity index (χ2v) is 6.11. The van der Waals surface area contributed by atoms with Crippen LogP contribution in [0.2, 0.25) is 0 Å². The van der Waals surface area contributed by atoms with Crippen molar-refractivity contribution in [3.8, 4) is 0 Å². The van der Waals surface area contributed by atoms with Gasteiger partial charge in [0.05, 0.1) is 0 Å². The van der Waals surface area contributed by atoms with Crippen molar-refractivity contribution in [3.63, 3.8) is 0 Å². The lowest BCUT2D eigenvalue weighted by Crippen LogP contribution is -2.25. The van der Waals surface area contributed by atoms with Gasteiger partial charge in [-0.25, -0.2) is 0 Å². The van der Waals surface area contributed by atoms with Gasteiger partial charge in [0.15, 0.2) is 0 Å². The number of hydrogen-bond acceptors (Lipinski definition) is 1. The van der Waals surface area contributed by atoms with Crippen LogP contribution >= 0.6 is 0 Å². The maximum atomic E-state index is 4.05. The van der Waals surface area contributed by atoms with Crippen LogP contribution in [0, 0.1) is 0 Å². The van der Waals surface area contributed by atoms with Crippen LogP contribution in [0.3, 0.4) is 0 Å². The first kappa shape index (κ1) is 15.0. The van der Waals surface area contributed by atoms with Crippen LogP contribution in [0.4, 0.5) is 0 Å². The molecule has 0 fully saturated rings. The predicted octanol–water partition coefficient (Wildman–Crippen LogP) is 4.60. The van der Waals surface area contributed by atoms with Crippen LogP contribution in [-0.4, -0.2) is 6.54 Å². The molecule has 0 aliphatic carbocycles. The minimum Gasteiger partial charge on any atom is -0.310 e. The number of rotatable bonds is 5. The van der Waals surface area contributed by atoms with E-state index in [9.17, 15) is 0 Å². The Hall–Kier alpha value is -1.08. The minimum absolute atomic E-state index is 0.180. The van der Waals surface area contributed by atoms with E-state index in [1.54, 1.807) is 0 Å². The molecule has 1 atom stereocenters. The lowest BCUT2D eigenvalue weighted by Gasteiger charge is -2.28. The average molecular weight is 245 g/mol. The third-order valence-corrected chi connectivity index (χ3v) is 3.15. The zero-order chi connectivity index (χ0) is 13.8. The van der Waals surface area contributed by atoms with E-state index in [0.717, 1.165) is 13.0 Å². The Balaban J connectivity index is 3.15. The highest BCUT2D eigenvalue weighted by Crippen LogP contribution is 2.31. The van der Waals surface area contributed by atoms with Gasteiger partial charge in [-0.15, -0.1) is 6.58 Å². The van der Waals surface area contributed by atoms with E-state index in [1.807, 2.05) is 0 Å². The smallest absolute Gasteiger partial charge is 0.0360 e. The zero-order valence-corrected chi connectivity index (χ0v) is 12.5. The molecule has 1 nitrogen and oxygen atoms in total. The molecule has 0 amide bonds. The normalized spacial score (nSPS) is 13.4. The highest BCUT2D eigenvalue weighted by molar-refractivity contribution is 5.35. The summed E-state index contributed by atoms with van der Waals surface area (Å²) in [6.45, 7) is 16.1. The molecule has 0 bridgehead atoms. The summed E-state index contributed by atoms with van der Waals surface area (Å²) < 4.78 is 0. The van der Waals surface area contributed by atoms with Crippen molar-refractivity contribution in [2.75, 3.05) is 6.54 Å². The van der Waals surface area contributed by atoms with Gasteiger partial charge >= 0.3 is 0 Å². The standard InChI is InChI=1S/C17H27N/c1-7-18-16(12-13(2)3)14-10-8-9-11-15(14)17(4,5)6/h8-11,16,18H,2,7,12H2,1,3-6H3. The second-order valence-electron chi connectivity index (χ2n) is 6.11. The molecule has 1 N–H and O–H groups in total. The summed E-state index contributed by atoms with van der Waals surface area (Å²) in [5, 5.41) is 3.58. The summed E-state index contributed by atoms with van der Waals surface area (Å²) in [6, 6.07) is 9.14. The van der Waals surface area contributed by atoms with Crippen LogP contribution in [0.25, 0.3) is 0 Å². The molecule has 0 spiro atoms. The van der Waals surface area contributed by atoms with Crippen molar-refractivity contribution in [1.82, 2.24) is 5.32 Å². The molecular weight excluding hydrogens is 218 g/mol. The maximum Gasteiger partial charge on any atom is 0.0360 e. The molecule has 0 aliphatic rings. The highest BCUT2D eigenvalue weighted by Gasteiger charge is 2.21. The molecule has 1 unspecified atom stereocenters. The lowest BCUT2D eigenvalue weighted by atomic mass is 9.81. The van der Waals surface area contributed by atoms with Gasteiger partial charge in [0.25, 0.3) is 0 Å². The van der Waals surface area contributed by atoms with E-state index in [-0.39, 0.29) is 5.41 Å². The van der Waals surface area contributed by atoms with Crippen LogP contribution in [-0.2, 0) is 5.41 Å². The zero-order valence-electron chi connectivity index (χ0n) is 12.5. The van der Waals surface area contributed by atoms with Gasteiger partial charge in [-0.3, -0.25) is 0 Å². The van der Waals surface area contributed by atoms with E-state index in [0.29, 0.717) is 6.04 Å². The summed E-state index contributed by atoms with van der Waals surface area (Å²) in [6.07, 6.45) is 1.00. The molecule has 100 valence electrons. The Morgan fingerprint density at radius 3 is 2.39 bits per heavy atom. The van der Waals surface area contributed by atoms with Crippen molar-refractivity contribution < 1.29 is 0 Å². The lowest BCUT2D eigenvalue weighted by molar-refractivity contribution is 0.516. The maximum absolute atomic E-state index is 4.05. The van der Waals surface area contributed by atoms with Gasteiger partial charge in [0, 0.05) is 6.04 Å². The molecule has 18 heavy (non-hydrogen) atoms. The van der Waals surface area contributed by atoms with Crippen molar-refractivity contribution in [1.29, 1.82) is 0 Å². The number of hydrogen-bond donors (Lipinski definition) is 1. The third-order valence-electron chi connectivity index (χ3n) is 3.15. The quantitative estimate of drug-likeness (QED) is 0.747. The first-order valence-corrected chi connectivity index (χ1v) is 6.83. The monoisotopic (exact) mass is 245 g/mol. The van der Waals surface area contributed by atoms with Crippen molar-refractivity contribution in [3.05, 3.63) is 47.5 Å². The molecule has 1 heteroatoms. The Bertz CT molecular complexity index is 398. The first-order chi connectivity index (χ1) is 8.36. The van der Waals surface area contributed by atoms with Gasteiger partial charge in [-0.1, -0.05) is 57.5 Å². The molecule has 0 heterocycles. The summed E-state index contributed by atoms with van der Waals surface area (Å²) in [5.41, 5.74) is 4.25. The molecule has 1 rings (SSSR count). The van der Waals surface area contributed by atoms with Gasteiger partial charge in [-0.2, -0.15) is 0 Å². The molecule has 0 radical (unpaired) electrons. The fourth-order valence-electron chi connectivity index (χ4n) is 2.37. The van der Waals surface area contributed by atoms with Crippen molar-refractivity contribution >= 4 is 0 Å². The summed E-state index contributed by atoms with van der Waals surface area (Å²) in [7, 11) is 0. The Labute approximate surface area is 112 Å². The summed E-state index contributed by atoms with van der Waals surface area (Å²) in [4.78, 5) is 0. The SMILES string of the molecule is C=C(C)CC(NCC)c1ccccc1C(C)(C)C. The first-order valence-electron chi connectivity index (χ1n) is 6.83. The van der Waals surface area contributed by atoms with Crippen molar-refractivity contribution in [2.45, 2.75) is 52.5 Å². The fourth-order valence-corrected chi connectivity index (χ4v) is 2.37. The Morgan fingerprint density at radius 1 is 1.28 bits per heavy atom. The van der Waals surface area contributed by atoms with Crippen LogP contribution in [0.1, 0.15) is 58.2 Å². The van der Waals surface area contributed by atoms with Crippen LogP contribution < -0.4 is 5.32 Å². The van der Waals surface area contributed by atoms with Crippen molar-refractivity contribution in [2.24, 2.45) is 0 Å². The van der Waals surface area contributed by atoms with Crippen LogP contribution in [0.5, 0.6) is 0 Å². The summed E-state index contributed by atoms with van der Waals surface area (Å²) in [5.74, 6) is 0. The van der Waals surface area contributed by atoms with E-state index in [2.05, 4.69) is 70.8 Å². The molecule has 0 saturated heterocycles. The van der Waals surface area contributed by atoms with E-state index in [1.165, 1.54) is 16.7 Å². The predicted molar refractivity (Wildman–Crippen MR) is 81.0 cm³/mol. The molecule has 0 aromatic heterocycles. The molecule has 1 aromatic carbocycles. The van der Waals surface area contributed by atoms with Crippen LogP contribution in [0.15, 0.2) is 36.4 Å². The topological polar surface area (TPSA) is 12.0 Å². The highest BCUT2D eigenvalue weighted by atomic mass is 14.9. The third kappa shape index (κ3) is 3.99. The van der Waals surface area contributed by atoms with Gasteiger partial charge in [0.2, 0.25) is 0 Å². The molecule has 1 aromatic rings. The second kappa shape index (κ2) is 6.19. The molecule has 0 aliphatic heterocycles. The minimum atomic E-state index is 0.180. The number of nitrogens with one attached hydrogen (secondary N) is 1. The summed E-state index contributed by atoms with van der Waals surface area (Å²) >= 11 is 0. The van der Waals surface area contributed by atoms with E-state index in [4.69, 9.17) is 0 Å². The Morgan fingerprint density at radius 2 is 1.89 bits per heavy atom. The number of benzene rings is 1. The van der Waals surface area contributed by atoms with Gasteiger partial charge < -0.3 is 5.32 Å². The molecular formula is C17H27N. The Kier molecular flexibility index (Phi) is 5.15. The van der Waals surface area contributed by atoms with Gasteiger partial charge in [0.1, 0.15) is 0 Å². The van der Waals surface area contributed by atoms with E-state index >= 15 is 0 Å². The van der Waals surface area contributed by atoms with E-state index < -0.39 is 0 Å². The largest absolute Gasteiger partial charge is 0.310 e. The molecule has 0 saturated carbocycles. The fraction of sp³-hybridized carbons (Fsp3) is 0.529. The van der Waals surface area contributed by atoms with Gasteiger partial charge in [-0.05, 0) is 36.4 Å².